The lowest BCUT2D eigenvalue weighted by Gasteiger charge is -2.02. The van der Waals surface area contributed by atoms with Crippen molar-refractivity contribution in [1.29, 1.82) is 0 Å². The Morgan fingerprint density at radius 3 is 2.68 bits per heavy atom. The van der Waals surface area contributed by atoms with Crippen LogP contribution in [-0.4, -0.2) is 22.5 Å². The lowest BCUT2D eigenvalue weighted by Crippen LogP contribution is -2.03. The quantitative estimate of drug-likeness (QED) is 0.523. The highest BCUT2D eigenvalue weighted by Gasteiger charge is 2.20. The molecule has 4 nitrogen and oxygen atoms in total. The Balaban J connectivity index is 2.17. The third-order valence-electron chi connectivity index (χ3n) is 3.24. The number of fused-ring (bicyclic) bond motifs is 1. The number of hydrogen-bond acceptors (Lipinski definition) is 5. The van der Waals surface area contributed by atoms with E-state index >= 15 is 0 Å². The molecule has 112 valence electrons. The summed E-state index contributed by atoms with van der Waals surface area (Å²) in [6.45, 7) is 3.95. The van der Waals surface area contributed by atoms with Gasteiger partial charge < -0.3 is 4.74 Å². The molecule has 0 aliphatic heterocycles. The molecule has 2 aromatic heterocycles. The van der Waals surface area contributed by atoms with Crippen LogP contribution < -0.4 is 0 Å². The Kier molecular flexibility index (Phi) is 4.09. The van der Waals surface area contributed by atoms with E-state index in [9.17, 15) is 4.79 Å². The van der Waals surface area contributed by atoms with Gasteiger partial charge in [0.15, 0.2) is 5.82 Å². The Labute approximate surface area is 136 Å². The Hall–Kier alpha value is -1.98. The highest BCUT2D eigenvalue weighted by Crippen LogP contribution is 2.35. The van der Waals surface area contributed by atoms with Crippen LogP contribution in [0.4, 0.5) is 0 Å². The summed E-state index contributed by atoms with van der Waals surface area (Å²) in [7, 11) is 0. The first kappa shape index (κ1) is 14.9. The van der Waals surface area contributed by atoms with Gasteiger partial charge in [0.25, 0.3) is 0 Å². The van der Waals surface area contributed by atoms with Gasteiger partial charge in [-0.1, -0.05) is 41.9 Å². The van der Waals surface area contributed by atoms with Crippen LogP contribution in [0.1, 0.15) is 22.2 Å². The first-order chi connectivity index (χ1) is 10.6. The summed E-state index contributed by atoms with van der Waals surface area (Å²) in [5.74, 6) is 0.204. The number of aromatic nitrogens is 2. The number of nitrogens with zero attached hydrogens (tertiary/aromatic N) is 2. The minimum atomic E-state index is -0.347. The van der Waals surface area contributed by atoms with E-state index in [1.165, 1.54) is 11.3 Å². The largest absolute Gasteiger partial charge is 0.462 e. The smallest absolute Gasteiger partial charge is 0.348 e. The van der Waals surface area contributed by atoms with Crippen LogP contribution in [0.2, 0.25) is 5.15 Å². The molecule has 0 radical (unpaired) electrons. The zero-order valence-corrected chi connectivity index (χ0v) is 13.7. The summed E-state index contributed by atoms with van der Waals surface area (Å²) in [5, 5.41) is 1.07. The summed E-state index contributed by atoms with van der Waals surface area (Å²) >= 11 is 7.60. The minimum absolute atomic E-state index is 0.335. The summed E-state index contributed by atoms with van der Waals surface area (Å²) < 4.78 is 5.07. The maximum absolute atomic E-state index is 12.0. The normalized spacial score (nSPS) is 10.9. The maximum Gasteiger partial charge on any atom is 0.348 e. The number of halogens is 1. The van der Waals surface area contributed by atoms with E-state index in [0.29, 0.717) is 27.3 Å². The molecule has 2 heterocycles. The Bertz CT molecular complexity index is 846. The molecular formula is C16H13ClN2O2S. The molecule has 0 unspecified atom stereocenters. The van der Waals surface area contributed by atoms with Crippen molar-refractivity contribution in [2.24, 2.45) is 0 Å². The van der Waals surface area contributed by atoms with E-state index in [0.717, 1.165) is 16.5 Å². The average Bonchev–Trinajstić information content (AvgIpc) is 2.86. The third kappa shape index (κ3) is 2.58. The number of carbonyl (C=O) groups is 1. The van der Waals surface area contributed by atoms with Crippen molar-refractivity contribution in [3.63, 3.8) is 0 Å². The van der Waals surface area contributed by atoms with E-state index in [-0.39, 0.29) is 5.97 Å². The van der Waals surface area contributed by atoms with Crippen molar-refractivity contribution < 1.29 is 9.53 Å². The van der Waals surface area contributed by atoms with E-state index < -0.39 is 0 Å². The molecule has 0 aliphatic rings. The van der Waals surface area contributed by atoms with Crippen molar-refractivity contribution in [2.75, 3.05) is 6.61 Å². The van der Waals surface area contributed by atoms with Crippen molar-refractivity contribution in [3.8, 4) is 11.4 Å². The molecule has 3 rings (SSSR count). The highest BCUT2D eigenvalue weighted by molar-refractivity contribution is 7.20. The van der Waals surface area contributed by atoms with Gasteiger partial charge in [-0.25, -0.2) is 14.8 Å². The van der Waals surface area contributed by atoms with Crippen LogP contribution in [0.15, 0.2) is 30.3 Å². The molecule has 0 N–H and O–H groups in total. The molecule has 6 heteroatoms. The molecule has 0 saturated carbocycles. The highest BCUT2D eigenvalue weighted by atomic mass is 35.5. The van der Waals surface area contributed by atoms with Crippen LogP contribution in [0, 0.1) is 6.92 Å². The van der Waals surface area contributed by atoms with Gasteiger partial charge in [-0.3, -0.25) is 0 Å². The van der Waals surface area contributed by atoms with Crippen molar-refractivity contribution in [1.82, 2.24) is 9.97 Å². The van der Waals surface area contributed by atoms with Crippen LogP contribution in [0.3, 0.4) is 0 Å². The zero-order valence-electron chi connectivity index (χ0n) is 12.1. The van der Waals surface area contributed by atoms with E-state index in [1.54, 1.807) is 6.92 Å². The predicted molar refractivity (Wildman–Crippen MR) is 88.6 cm³/mol. The fraction of sp³-hybridized carbons (Fsp3) is 0.188. The van der Waals surface area contributed by atoms with E-state index in [4.69, 9.17) is 16.3 Å². The van der Waals surface area contributed by atoms with Crippen molar-refractivity contribution >= 4 is 39.1 Å². The number of thiophene rings is 1. The fourth-order valence-electron chi connectivity index (χ4n) is 2.20. The molecule has 0 amide bonds. The van der Waals surface area contributed by atoms with Gasteiger partial charge in [0, 0.05) is 5.56 Å². The van der Waals surface area contributed by atoms with Crippen LogP contribution >= 0.6 is 22.9 Å². The summed E-state index contributed by atoms with van der Waals surface area (Å²) in [5.41, 5.74) is 1.65. The predicted octanol–water partition coefficient (Wildman–Crippen LogP) is 4.50. The van der Waals surface area contributed by atoms with Crippen LogP contribution in [0.5, 0.6) is 0 Å². The summed E-state index contributed by atoms with van der Waals surface area (Å²) in [6.07, 6.45) is 0. The number of aryl methyl sites for hydroxylation is 1. The SMILES string of the molecule is CCOC(=O)c1sc2nc(-c3ccccc3)nc(Cl)c2c1C. The molecule has 0 spiro atoms. The molecule has 1 aromatic carbocycles. The average molecular weight is 333 g/mol. The molecular weight excluding hydrogens is 320 g/mol. The molecule has 22 heavy (non-hydrogen) atoms. The van der Waals surface area contributed by atoms with Gasteiger partial charge >= 0.3 is 5.97 Å². The summed E-state index contributed by atoms with van der Waals surface area (Å²) in [4.78, 5) is 22.1. The third-order valence-corrected chi connectivity index (χ3v) is 4.68. The second-order valence-electron chi connectivity index (χ2n) is 4.66. The number of rotatable bonds is 3. The van der Waals surface area contributed by atoms with Crippen LogP contribution in [0.25, 0.3) is 21.6 Å². The summed E-state index contributed by atoms with van der Waals surface area (Å²) in [6, 6.07) is 9.60. The van der Waals surface area contributed by atoms with Crippen molar-refractivity contribution in [3.05, 3.63) is 45.9 Å². The Morgan fingerprint density at radius 2 is 2.00 bits per heavy atom. The van der Waals surface area contributed by atoms with Crippen molar-refractivity contribution in [2.45, 2.75) is 13.8 Å². The molecule has 0 aliphatic carbocycles. The lowest BCUT2D eigenvalue weighted by molar-refractivity contribution is 0.0531. The monoisotopic (exact) mass is 332 g/mol. The molecule has 0 saturated heterocycles. The molecule has 0 bridgehead atoms. The van der Waals surface area contributed by atoms with Gasteiger partial charge in [0.05, 0.1) is 12.0 Å². The van der Waals surface area contributed by atoms with E-state index in [1.807, 2.05) is 37.3 Å². The molecule has 0 fully saturated rings. The second-order valence-corrected chi connectivity index (χ2v) is 6.02. The van der Waals surface area contributed by atoms with Crippen LogP contribution in [-0.2, 0) is 4.74 Å². The standard InChI is InChI=1S/C16H13ClN2O2S/c1-3-21-16(20)12-9(2)11-13(17)18-14(19-15(11)22-12)10-7-5-4-6-8-10/h4-8H,3H2,1-2H3. The van der Waals surface area contributed by atoms with E-state index in [2.05, 4.69) is 9.97 Å². The first-order valence-corrected chi connectivity index (χ1v) is 8.00. The fourth-order valence-corrected chi connectivity index (χ4v) is 3.64. The first-order valence-electron chi connectivity index (χ1n) is 6.81. The topological polar surface area (TPSA) is 52.1 Å². The number of carbonyl (C=O) groups excluding carboxylic acids is 1. The lowest BCUT2D eigenvalue weighted by atomic mass is 10.2. The molecule has 3 aromatic rings. The van der Waals surface area contributed by atoms with Gasteiger partial charge in [0.2, 0.25) is 0 Å². The molecule has 0 atom stereocenters. The Morgan fingerprint density at radius 1 is 1.27 bits per heavy atom. The second kappa shape index (κ2) is 6.02. The maximum atomic E-state index is 12.0. The number of esters is 1. The van der Waals surface area contributed by atoms with Gasteiger partial charge in [0.1, 0.15) is 14.9 Å². The number of ether oxygens (including phenoxy) is 1. The number of hydrogen-bond donors (Lipinski definition) is 0. The zero-order chi connectivity index (χ0) is 15.7. The minimum Gasteiger partial charge on any atom is -0.462 e. The van der Waals surface area contributed by atoms with Gasteiger partial charge in [-0.15, -0.1) is 11.3 Å². The number of benzene rings is 1. The van der Waals surface area contributed by atoms with Gasteiger partial charge in [-0.2, -0.15) is 0 Å². The van der Waals surface area contributed by atoms with Gasteiger partial charge in [-0.05, 0) is 19.4 Å².